The molecule has 0 saturated carbocycles. The molecule has 1 fully saturated rings. The third-order valence-electron chi connectivity index (χ3n) is 9.37. The number of aromatic carboxylic acids is 1. The average molecular weight is 711 g/mol. The molecule has 5 heterocycles. The van der Waals surface area contributed by atoms with Crippen LogP contribution in [0.4, 0.5) is 5.82 Å². The van der Waals surface area contributed by atoms with E-state index in [0.717, 1.165) is 49.2 Å². The van der Waals surface area contributed by atoms with Crippen molar-refractivity contribution >= 4 is 33.6 Å². The lowest BCUT2D eigenvalue weighted by atomic mass is 9.94. The van der Waals surface area contributed by atoms with Crippen molar-refractivity contribution in [3.8, 4) is 28.1 Å². The van der Waals surface area contributed by atoms with Gasteiger partial charge in [-0.25, -0.2) is 24.2 Å². The van der Waals surface area contributed by atoms with E-state index >= 15 is 0 Å². The number of anilines is 1. The average Bonchev–Trinajstić information content (AvgIpc) is 3.57. The van der Waals surface area contributed by atoms with E-state index in [9.17, 15) is 14.7 Å². The minimum Gasteiger partial charge on any atom is -0.506 e. The minimum atomic E-state index is -0.879. The number of carboxylic acids is 1. The molecule has 3 aromatic carbocycles. The zero-order valence-electron chi connectivity index (χ0n) is 29.3. The number of pyridine rings is 1. The SMILES string of the molecule is C[C@@H](c1oc(=O)c2ccccc2c1-c1cccc(CN2CCN(C)CC2)c1)n1nc(-c2cncc(O)c2)c2c(N)ncnc21.O=C(O)c1ccccc1. The molecular weight excluding hydrogens is 672 g/mol. The number of fused-ring (bicyclic) bond motifs is 2. The molecule has 1 aliphatic heterocycles. The molecule has 0 unspecified atom stereocenters. The third kappa shape index (κ3) is 7.34. The monoisotopic (exact) mass is 710 g/mol. The lowest BCUT2D eigenvalue weighted by molar-refractivity contribution is 0.0697. The van der Waals surface area contributed by atoms with Crippen molar-refractivity contribution in [2.45, 2.75) is 19.5 Å². The van der Waals surface area contributed by atoms with Crippen LogP contribution in [-0.2, 0) is 6.54 Å². The van der Waals surface area contributed by atoms with Crippen LogP contribution in [0, 0.1) is 0 Å². The number of nitrogen functional groups attached to an aromatic ring is 1. The van der Waals surface area contributed by atoms with Gasteiger partial charge in [-0.15, -0.1) is 0 Å². The summed E-state index contributed by atoms with van der Waals surface area (Å²) in [7, 11) is 2.15. The Bertz CT molecular complexity index is 2470. The molecule has 1 aliphatic rings. The number of piperazine rings is 1. The summed E-state index contributed by atoms with van der Waals surface area (Å²) in [5, 5.41) is 25.2. The van der Waals surface area contributed by atoms with E-state index in [2.05, 4.69) is 56.1 Å². The molecule has 53 heavy (non-hydrogen) atoms. The first kappa shape index (κ1) is 35.0. The number of rotatable bonds is 7. The van der Waals surface area contributed by atoms with Gasteiger partial charge < -0.3 is 25.3 Å². The third-order valence-corrected chi connectivity index (χ3v) is 9.37. The number of aromatic nitrogens is 5. The number of carboxylic acid groups (broad SMARTS) is 1. The van der Waals surface area contributed by atoms with Gasteiger partial charge in [0.05, 0.1) is 22.5 Å². The second-order valence-corrected chi connectivity index (χ2v) is 13.0. The summed E-state index contributed by atoms with van der Waals surface area (Å²) >= 11 is 0. The van der Waals surface area contributed by atoms with Gasteiger partial charge in [-0.3, -0.25) is 9.88 Å². The Kier molecular flexibility index (Phi) is 9.93. The van der Waals surface area contributed by atoms with Gasteiger partial charge in [0.25, 0.3) is 0 Å². The van der Waals surface area contributed by atoms with E-state index in [0.29, 0.717) is 39.0 Å². The topological polar surface area (TPSA) is 177 Å². The molecule has 7 aromatic rings. The van der Waals surface area contributed by atoms with Gasteiger partial charge in [-0.05, 0) is 55.4 Å². The molecule has 4 N–H and O–H groups in total. The van der Waals surface area contributed by atoms with Gasteiger partial charge in [0.2, 0.25) is 0 Å². The number of likely N-dealkylation sites (N-methyl/N-ethyl adjacent to an activating group) is 1. The lowest BCUT2D eigenvalue weighted by Crippen LogP contribution is -2.43. The highest BCUT2D eigenvalue weighted by molar-refractivity contribution is 5.99. The summed E-state index contributed by atoms with van der Waals surface area (Å²) in [6.45, 7) is 6.87. The Labute approximate surface area is 304 Å². The summed E-state index contributed by atoms with van der Waals surface area (Å²) in [4.78, 5) is 41.2. The molecule has 0 spiro atoms. The van der Waals surface area contributed by atoms with Crippen LogP contribution < -0.4 is 11.4 Å². The maximum Gasteiger partial charge on any atom is 0.343 e. The maximum absolute atomic E-state index is 13.4. The molecule has 0 radical (unpaired) electrons. The highest BCUT2D eigenvalue weighted by atomic mass is 16.4. The van der Waals surface area contributed by atoms with E-state index in [1.165, 1.54) is 18.1 Å². The normalized spacial score (nSPS) is 14.2. The highest BCUT2D eigenvalue weighted by Gasteiger charge is 2.27. The summed E-state index contributed by atoms with van der Waals surface area (Å²) in [5.41, 5.74) is 10.7. The van der Waals surface area contributed by atoms with E-state index in [1.807, 2.05) is 25.1 Å². The predicted molar refractivity (Wildman–Crippen MR) is 203 cm³/mol. The Hall–Kier alpha value is -6.44. The zero-order chi connectivity index (χ0) is 37.1. The Morgan fingerprint density at radius 3 is 2.36 bits per heavy atom. The summed E-state index contributed by atoms with van der Waals surface area (Å²) in [6.07, 6.45) is 4.32. The van der Waals surface area contributed by atoms with E-state index in [-0.39, 0.29) is 11.6 Å². The van der Waals surface area contributed by atoms with Crippen molar-refractivity contribution in [3.63, 3.8) is 0 Å². The van der Waals surface area contributed by atoms with Gasteiger partial charge in [-0.2, -0.15) is 5.10 Å². The summed E-state index contributed by atoms with van der Waals surface area (Å²) < 4.78 is 7.84. The molecule has 1 saturated heterocycles. The number of hydrogen-bond donors (Lipinski definition) is 3. The van der Waals surface area contributed by atoms with Crippen LogP contribution in [0.2, 0.25) is 0 Å². The first-order valence-electron chi connectivity index (χ1n) is 17.1. The minimum absolute atomic E-state index is 0.00654. The van der Waals surface area contributed by atoms with Crippen molar-refractivity contribution in [2.75, 3.05) is 39.0 Å². The zero-order valence-corrected chi connectivity index (χ0v) is 29.3. The maximum atomic E-state index is 13.4. The molecule has 4 aromatic heterocycles. The van der Waals surface area contributed by atoms with Crippen molar-refractivity contribution in [3.05, 3.63) is 131 Å². The smallest absolute Gasteiger partial charge is 0.343 e. The van der Waals surface area contributed by atoms with Gasteiger partial charge in [0.15, 0.2) is 5.65 Å². The fourth-order valence-electron chi connectivity index (χ4n) is 6.62. The van der Waals surface area contributed by atoms with Crippen LogP contribution in [0.15, 0.2) is 113 Å². The van der Waals surface area contributed by atoms with Gasteiger partial charge >= 0.3 is 11.6 Å². The number of nitrogens with zero attached hydrogens (tertiary/aromatic N) is 7. The Balaban J connectivity index is 0.000000425. The van der Waals surface area contributed by atoms with Crippen molar-refractivity contribution in [1.82, 2.24) is 34.5 Å². The van der Waals surface area contributed by atoms with E-state index in [1.54, 1.807) is 53.3 Å². The van der Waals surface area contributed by atoms with Gasteiger partial charge in [-0.1, -0.05) is 54.6 Å². The van der Waals surface area contributed by atoms with E-state index < -0.39 is 17.6 Å². The lowest BCUT2D eigenvalue weighted by Gasteiger charge is -2.32. The second kappa shape index (κ2) is 15.0. The summed E-state index contributed by atoms with van der Waals surface area (Å²) in [6, 6.07) is 25.2. The number of nitrogens with two attached hydrogens (primary N) is 1. The molecule has 13 heteroatoms. The van der Waals surface area contributed by atoms with Crippen molar-refractivity contribution in [2.24, 2.45) is 0 Å². The predicted octanol–water partition coefficient (Wildman–Crippen LogP) is 5.69. The van der Waals surface area contributed by atoms with Crippen LogP contribution in [0.3, 0.4) is 0 Å². The van der Waals surface area contributed by atoms with Crippen molar-refractivity contribution in [1.29, 1.82) is 0 Å². The molecule has 268 valence electrons. The largest absolute Gasteiger partial charge is 0.506 e. The molecule has 8 rings (SSSR count). The number of hydrogen-bond acceptors (Lipinski definition) is 11. The van der Waals surface area contributed by atoms with Gasteiger partial charge in [0.1, 0.15) is 35.4 Å². The summed E-state index contributed by atoms with van der Waals surface area (Å²) in [5.74, 6) is -0.195. The quantitative estimate of drug-likeness (QED) is 0.184. The van der Waals surface area contributed by atoms with Crippen LogP contribution in [0.5, 0.6) is 5.75 Å². The fraction of sp³-hybridized carbons (Fsp3) is 0.200. The van der Waals surface area contributed by atoms with Crippen molar-refractivity contribution < 1.29 is 19.4 Å². The Morgan fingerprint density at radius 1 is 0.906 bits per heavy atom. The first-order chi connectivity index (χ1) is 25.7. The Morgan fingerprint density at radius 2 is 1.64 bits per heavy atom. The standard InChI is InChI=1S/C33H32N8O3.C7H6O2/c1-20(41-32-28(31(34)36-19-37-32)29(38-41)23-15-24(42)17-35-16-23)30-27(25-8-3-4-9-26(25)33(43)44-30)22-7-5-6-21(14-22)18-40-12-10-39(2)11-13-40;8-7(9)6-4-2-1-3-5-6/h3-9,14-17,19-20,42H,10-13,18H2,1-2H3,(H2,34,36,37);1-5H,(H,8,9)/t20-;/m0./s1. The van der Waals surface area contributed by atoms with Crippen LogP contribution >= 0.6 is 0 Å². The number of benzene rings is 3. The van der Waals surface area contributed by atoms with Crippen LogP contribution in [-0.4, -0.2) is 83.9 Å². The second-order valence-electron chi connectivity index (χ2n) is 13.0. The molecule has 1 atom stereocenters. The van der Waals surface area contributed by atoms with Gasteiger partial charge in [0, 0.05) is 55.4 Å². The molecule has 13 nitrogen and oxygen atoms in total. The first-order valence-corrected chi connectivity index (χ1v) is 17.1. The molecule has 0 bridgehead atoms. The number of carbonyl (C=O) groups is 1. The number of aromatic hydroxyl groups is 1. The highest BCUT2D eigenvalue weighted by Crippen LogP contribution is 2.39. The molecular formula is C40H38N8O5. The molecule has 0 amide bonds. The fourth-order valence-corrected chi connectivity index (χ4v) is 6.62. The molecule has 0 aliphatic carbocycles. The van der Waals surface area contributed by atoms with Crippen LogP contribution in [0.25, 0.3) is 44.2 Å². The van der Waals surface area contributed by atoms with E-state index in [4.69, 9.17) is 20.4 Å². The van der Waals surface area contributed by atoms with Crippen LogP contribution in [0.1, 0.15) is 34.6 Å².